The lowest BCUT2D eigenvalue weighted by molar-refractivity contribution is -0.139. The van der Waals surface area contributed by atoms with Crippen molar-refractivity contribution in [2.45, 2.75) is 44.6 Å². The van der Waals surface area contributed by atoms with E-state index in [1.807, 2.05) is 19.3 Å². The molecule has 0 aliphatic carbocycles. The Kier molecular flexibility index (Phi) is 5.11. The minimum Gasteiger partial charge on any atom is -0.353 e. The van der Waals surface area contributed by atoms with Crippen LogP contribution in [0.15, 0.2) is 18.3 Å². The van der Waals surface area contributed by atoms with Crippen LogP contribution in [0, 0.1) is 5.92 Å². The number of amides is 3. The number of piperidine rings is 1. The van der Waals surface area contributed by atoms with Gasteiger partial charge in [-0.3, -0.25) is 4.79 Å². The second kappa shape index (κ2) is 7.28. The van der Waals surface area contributed by atoms with Gasteiger partial charge >= 0.3 is 6.03 Å². The van der Waals surface area contributed by atoms with Gasteiger partial charge in [0.1, 0.15) is 0 Å². The molecular weight excluding hydrogens is 304 g/mol. The van der Waals surface area contributed by atoms with E-state index in [1.165, 1.54) is 18.5 Å². The van der Waals surface area contributed by atoms with E-state index in [2.05, 4.69) is 15.5 Å². The molecule has 2 N–H and O–H groups in total. The van der Waals surface area contributed by atoms with E-state index in [0.29, 0.717) is 13.1 Å². The fraction of sp³-hybridized carbons (Fsp3) is 0.667. The number of nitrogens with two attached hydrogens (primary N) is 1. The zero-order valence-corrected chi connectivity index (χ0v) is 14.5. The SMILES string of the molecule is Cn1cccc1[C@@H]1CCCCCN1C(=O)C1CCN(C(N)=O)CC1. The fourth-order valence-electron chi connectivity index (χ4n) is 4.08. The van der Waals surface area contributed by atoms with E-state index < -0.39 is 0 Å². The van der Waals surface area contributed by atoms with Crippen LogP contribution in [0.5, 0.6) is 0 Å². The van der Waals surface area contributed by atoms with Gasteiger partial charge in [0, 0.05) is 44.5 Å². The van der Waals surface area contributed by atoms with Crippen molar-refractivity contribution in [3.8, 4) is 0 Å². The number of primary amides is 1. The van der Waals surface area contributed by atoms with Crippen LogP contribution in [0.3, 0.4) is 0 Å². The lowest BCUT2D eigenvalue weighted by Crippen LogP contribution is -2.47. The second-order valence-electron chi connectivity index (χ2n) is 7.04. The van der Waals surface area contributed by atoms with E-state index >= 15 is 0 Å². The summed E-state index contributed by atoms with van der Waals surface area (Å²) in [4.78, 5) is 28.2. The Balaban J connectivity index is 1.73. The molecule has 1 aromatic rings. The summed E-state index contributed by atoms with van der Waals surface area (Å²) >= 11 is 0. The van der Waals surface area contributed by atoms with Crippen LogP contribution >= 0.6 is 0 Å². The van der Waals surface area contributed by atoms with Gasteiger partial charge in [0.15, 0.2) is 0 Å². The smallest absolute Gasteiger partial charge is 0.314 e. The number of likely N-dealkylation sites (tertiary alicyclic amines) is 2. The largest absolute Gasteiger partial charge is 0.353 e. The summed E-state index contributed by atoms with van der Waals surface area (Å²) in [6, 6.07) is 3.98. The number of carbonyl (C=O) groups excluding carboxylic acids is 2. The standard InChI is InChI=1S/C18H28N4O2/c1-20-10-5-7-15(20)16-6-3-2-4-11-22(16)17(23)14-8-12-21(13-9-14)18(19)24/h5,7,10,14,16H,2-4,6,8-9,11-13H2,1H3,(H2,19,24)/t16-/m0/s1. The van der Waals surface area contributed by atoms with E-state index in [-0.39, 0.29) is 23.9 Å². The topological polar surface area (TPSA) is 71.6 Å². The first-order valence-corrected chi connectivity index (χ1v) is 9.04. The summed E-state index contributed by atoms with van der Waals surface area (Å²) in [6.45, 7) is 2.02. The number of aryl methyl sites for hydroxylation is 1. The van der Waals surface area contributed by atoms with Crippen molar-refractivity contribution in [1.29, 1.82) is 0 Å². The summed E-state index contributed by atoms with van der Waals surface area (Å²) in [5.74, 6) is 0.272. The highest BCUT2D eigenvalue weighted by atomic mass is 16.2. The molecule has 6 heteroatoms. The number of carbonyl (C=O) groups is 2. The maximum atomic E-state index is 13.2. The Hall–Kier alpha value is -1.98. The highest BCUT2D eigenvalue weighted by Crippen LogP contribution is 2.33. The highest BCUT2D eigenvalue weighted by molar-refractivity contribution is 5.80. The lowest BCUT2D eigenvalue weighted by Gasteiger charge is -2.36. The number of nitrogens with zero attached hydrogens (tertiary/aromatic N) is 3. The van der Waals surface area contributed by atoms with Crippen LogP contribution in [-0.2, 0) is 11.8 Å². The molecule has 0 unspecified atom stereocenters. The molecule has 24 heavy (non-hydrogen) atoms. The molecule has 0 spiro atoms. The van der Waals surface area contributed by atoms with E-state index in [1.54, 1.807) is 4.90 Å². The van der Waals surface area contributed by atoms with Gasteiger partial charge in [-0.15, -0.1) is 0 Å². The third-order valence-corrected chi connectivity index (χ3v) is 5.52. The van der Waals surface area contributed by atoms with E-state index in [0.717, 1.165) is 32.2 Å². The molecule has 3 heterocycles. The maximum Gasteiger partial charge on any atom is 0.314 e. The lowest BCUT2D eigenvalue weighted by atomic mass is 9.94. The Bertz CT molecular complexity index is 590. The van der Waals surface area contributed by atoms with Crippen LogP contribution < -0.4 is 5.73 Å². The molecular formula is C18H28N4O2. The second-order valence-corrected chi connectivity index (χ2v) is 7.04. The first-order chi connectivity index (χ1) is 11.6. The molecule has 2 aliphatic heterocycles. The predicted molar refractivity (Wildman–Crippen MR) is 92.2 cm³/mol. The molecule has 3 amide bonds. The number of rotatable bonds is 2. The van der Waals surface area contributed by atoms with Crippen molar-refractivity contribution < 1.29 is 9.59 Å². The van der Waals surface area contributed by atoms with Gasteiger partial charge in [0.2, 0.25) is 5.91 Å². The Morgan fingerprint density at radius 2 is 1.83 bits per heavy atom. The van der Waals surface area contributed by atoms with E-state index in [9.17, 15) is 9.59 Å². The van der Waals surface area contributed by atoms with Gasteiger partial charge in [-0.1, -0.05) is 12.8 Å². The third kappa shape index (κ3) is 3.42. The van der Waals surface area contributed by atoms with Crippen LogP contribution in [-0.4, -0.2) is 45.9 Å². The zero-order valence-electron chi connectivity index (χ0n) is 14.5. The Morgan fingerprint density at radius 3 is 2.46 bits per heavy atom. The molecule has 3 rings (SSSR count). The Labute approximate surface area is 143 Å². The van der Waals surface area contributed by atoms with Crippen LogP contribution in [0.1, 0.15) is 50.3 Å². The molecule has 1 aromatic heterocycles. The summed E-state index contributed by atoms with van der Waals surface area (Å²) in [5.41, 5.74) is 6.57. The predicted octanol–water partition coefficient (Wildman–Crippen LogP) is 2.26. The van der Waals surface area contributed by atoms with E-state index in [4.69, 9.17) is 5.73 Å². The molecule has 1 atom stereocenters. The third-order valence-electron chi connectivity index (χ3n) is 5.52. The Morgan fingerprint density at radius 1 is 1.08 bits per heavy atom. The molecule has 2 fully saturated rings. The molecule has 0 aromatic carbocycles. The fourth-order valence-corrected chi connectivity index (χ4v) is 4.08. The monoisotopic (exact) mass is 332 g/mol. The van der Waals surface area contributed by atoms with Crippen molar-refractivity contribution in [3.05, 3.63) is 24.0 Å². The molecule has 2 saturated heterocycles. The van der Waals surface area contributed by atoms with Gasteiger partial charge in [-0.25, -0.2) is 4.79 Å². The van der Waals surface area contributed by atoms with Crippen molar-refractivity contribution in [2.24, 2.45) is 18.7 Å². The highest BCUT2D eigenvalue weighted by Gasteiger charge is 2.34. The van der Waals surface area contributed by atoms with Crippen molar-refractivity contribution in [1.82, 2.24) is 14.4 Å². The average Bonchev–Trinajstić information content (AvgIpc) is 2.86. The summed E-state index contributed by atoms with van der Waals surface area (Å²) in [6.07, 6.45) is 7.95. The normalized spacial score (nSPS) is 23.1. The van der Waals surface area contributed by atoms with Crippen LogP contribution in [0.4, 0.5) is 4.79 Å². The number of urea groups is 1. The van der Waals surface area contributed by atoms with Crippen LogP contribution in [0.2, 0.25) is 0 Å². The van der Waals surface area contributed by atoms with Crippen molar-refractivity contribution in [3.63, 3.8) is 0 Å². The molecule has 2 aliphatic rings. The maximum absolute atomic E-state index is 13.2. The quantitative estimate of drug-likeness (QED) is 0.902. The van der Waals surface area contributed by atoms with Gasteiger partial charge in [-0.05, 0) is 37.8 Å². The number of hydrogen-bond donors (Lipinski definition) is 1. The van der Waals surface area contributed by atoms with Gasteiger partial charge < -0.3 is 20.1 Å². The molecule has 0 bridgehead atoms. The van der Waals surface area contributed by atoms with Crippen molar-refractivity contribution >= 4 is 11.9 Å². The summed E-state index contributed by atoms with van der Waals surface area (Å²) < 4.78 is 2.13. The van der Waals surface area contributed by atoms with Gasteiger partial charge in [0.25, 0.3) is 0 Å². The van der Waals surface area contributed by atoms with Gasteiger partial charge in [-0.2, -0.15) is 0 Å². The first-order valence-electron chi connectivity index (χ1n) is 9.04. The zero-order chi connectivity index (χ0) is 17.1. The van der Waals surface area contributed by atoms with Crippen LogP contribution in [0.25, 0.3) is 0 Å². The molecule has 132 valence electrons. The average molecular weight is 332 g/mol. The minimum atomic E-state index is -0.377. The number of hydrogen-bond acceptors (Lipinski definition) is 2. The molecule has 6 nitrogen and oxygen atoms in total. The summed E-state index contributed by atoms with van der Waals surface area (Å²) in [5, 5.41) is 0. The molecule has 0 saturated carbocycles. The van der Waals surface area contributed by atoms with Gasteiger partial charge in [0.05, 0.1) is 6.04 Å². The van der Waals surface area contributed by atoms with Crippen molar-refractivity contribution in [2.75, 3.05) is 19.6 Å². The summed E-state index contributed by atoms with van der Waals surface area (Å²) in [7, 11) is 2.05. The molecule has 0 radical (unpaired) electrons. The minimum absolute atomic E-state index is 0.0152. The first kappa shape index (κ1) is 16.9. The number of aromatic nitrogens is 1.